The maximum Gasteiger partial charge on any atom is 0.239 e. The zero-order chi connectivity index (χ0) is 19.9. The lowest BCUT2D eigenvalue weighted by Gasteiger charge is -2.51. The van der Waals surface area contributed by atoms with E-state index in [2.05, 4.69) is 40.2 Å². The standard InChI is InChI=1S/C25H18BrNO2/c1-14-8-2-7-13-19(14)27-23(28)21-20-15-9-3-5-11-17(15)25(26,22(21)24(27)29)18-12-6-4-10-16(18)20/h2-13,20-22H,1H3. The number of imide groups is 1. The van der Waals surface area contributed by atoms with Gasteiger partial charge in [-0.05, 0) is 40.8 Å². The smallest absolute Gasteiger partial charge is 0.239 e. The molecule has 2 amide bonds. The summed E-state index contributed by atoms with van der Waals surface area (Å²) in [5, 5.41) is 0. The summed E-state index contributed by atoms with van der Waals surface area (Å²) in [5.74, 6) is -1.15. The molecular weight excluding hydrogens is 426 g/mol. The van der Waals surface area contributed by atoms with Crippen LogP contribution < -0.4 is 4.90 Å². The van der Waals surface area contributed by atoms with Crippen LogP contribution in [0, 0.1) is 18.8 Å². The number of hydrogen-bond donors (Lipinski definition) is 0. The number of alkyl halides is 1. The van der Waals surface area contributed by atoms with Crippen molar-refractivity contribution in [1.82, 2.24) is 0 Å². The van der Waals surface area contributed by atoms with E-state index < -0.39 is 16.2 Å². The summed E-state index contributed by atoms with van der Waals surface area (Å²) < 4.78 is -0.691. The van der Waals surface area contributed by atoms with Crippen molar-refractivity contribution in [1.29, 1.82) is 0 Å². The van der Waals surface area contributed by atoms with E-state index in [1.54, 1.807) is 0 Å². The zero-order valence-electron chi connectivity index (χ0n) is 15.8. The molecule has 4 heteroatoms. The Morgan fingerprint density at radius 3 is 1.97 bits per heavy atom. The maximum atomic E-state index is 13.8. The molecule has 29 heavy (non-hydrogen) atoms. The van der Waals surface area contributed by atoms with Crippen molar-refractivity contribution in [2.75, 3.05) is 4.90 Å². The van der Waals surface area contributed by atoms with Gasteiger partial charge in [-0.15, -0.1) is 0 Å². The first-order chi connectivity index (χ1) is 14.0. The summed E-state index contributed by atoms with van der Waals surface area (Å²) in [4.78, 5) is 29.0. The Balaban J connectivity index is 1.64. The van der Waals surface area contributed by atoms with Crippen molar-refractivity contribution in [3.8, 4) is 0 Å². The fraction of sp³-hybridized carbons (Fsp3) is 0.200. The molecule has 7 rings (SSSR count). The molecule has 2 bridgehead atoms. The van der Waals surface area contributed by atoms with E-state index in [-0.39, 0.29) is 17.7 Å². The lowest BCUT2D eigenvalue weighted by molar-refractivity contribution is -0.122. The normalized spacial score (nSPS) is 28.9. The highest BCUT2D eigenvalue weighted by molar-refractivity contribution is 9.09. The summed E-state index contributed by atoms with van der Waals surface area (Å²) in [6.45, 7) is 1.94. The molecule has 0 N–H and O–H groups in total. The van der Waals surface area contributed by atoms with Crippen molar-refractivity contribution in [2.24, 2.45) is 11.8 Å². The summed E-state index contributed by atoms with van der Waals surface area (Å²) in [6, 6.07) is 24.1. The third-order valence-electron chi connectivity index (χ3n) is 6.87. The van der Waals surface area contributed by atoms with Gasteiger partial charge in [0.15, 0.2) is 0 Å². The number of benzene rings is 3. The van der Waals surface area contributed by atoms with Crippen molar-refractivity contribution >= 4 is 33.4 Å². The molecule has 1 aliphatic heterocycles. The molecule has 3 aliphatic carbocycles. The fourth-order valence-corrected chi connectivity index (χ4v) is 6.93. The zero-order valence-corrected chi connectivity index (χ0v) is 17.4. The Morgan fingerprint density at radius 2 is 1.34 bits per heavy atom. The first-order valence-corrected chi connectivity index (χ1v) is 10.7. The van der Waals surface area contributed by atoms with Crippen LogP contribution in [0.5, 0.6) is 0 Å². The molecule has 1 saturated heterocycles. The second kappa shape index (κ2) is 5.67. The van der Waals surface area contributed by atoms with E-state index >= 15 is 0 Å². The summed E-state index contributed by atoms with van der Waals surface area (Å²) in [6.07, 6.45) is 0. The Morgan fingerprint density at radius 1 is 0.793 bits per heavy atom. The first-order valence-electron chi connectivity index (χ1n) is 9.86. The Hall–Kier alpha value is -2.72. The second-order valence-electron chi connectivity index (χ2n) is 8.17. The van der Waals surface area contributed by atoms with E-state index in [1.807, 2.05) is 55.5 Å². The third-order valence-corrected chi connectivity index (χ3v) is 8.22. The number of para-hydroxylation sites is 1. The molecule has 0 radical (unpaired) electrons. The molecule has 142 valence electrons. The molecule has 1 heterocycles. The van der Waals surface area contributed by atoms with Crippen LogP contribution in [0.15, 0.2) is 72.8 Å². The number of carbonyl (C=O) groups is 2. The SMILES string of the molecule is Cc1ccccc1N1C(=O)C2C3c4ccccc4C(Br)(c4ccccc43)C2C1=O. The number of hydrogen-bond acceptors (Lipinski definition) is 2. The van der Waals surface area contributed by atoms with E-state index in [0.717, 1.165) is 27.8 Å². The predicted octanol–water partition coefficient (Wildman–Crippen LogP) is 4.90. The van der Waals surface area contributed by atoms with Gasteiger partial charge in [-0.1, -0.05) is 82.7 Å². The van der Waals surface area contributed by atoms with Gasteiger partial charge in [-0.3, -0.25) is 9.59 Å². The summed E-state index contributed by atoms with van der Waals surface area (Å²) in [5.41, 5.74) is 6.14. The Bertz CT molecular complexity index is 1170. The number of amides is 2. The van der Waals surface area contributed by atoms with Gasteiger partial charge >= 0.3 is 0 Å². The molecule has 4 aliphatic rings. The molecule has 0 aromatic heterocycles. The third kappa shape index (κ3) is 1.93. The molecule has 3 aromatic carbocycles. The highest BCUT2D eigenvalue weighted by Gasteiger charge is 2.67. The van der Waals surface area contributed by atoms with Crippen LogP contribution in [0.1, 0.15) is 33.7 Å². The van der Waals surface area contributed by atoms with Gasteiger partial charge in [0.05, 0.1) is 21.8 Å². The van der Waals surface area contributed by atoms with Crippen LogP contribution in [0.3, 0.4) is 0 Å². The van der Waals surface area contributed by atoms with Gasteiger partial charge in [-0.2, -0.15) is 0 Å². The molecule has 3 aromatic rings. The van der Waals surface area contributed by atoms with Gasteiger partial charge in [0.1, 0.15) is 0 Å². The average molecular weight is 444 g/mol. The second-order valence-corrected chi connectivity index (χ2v) is 9.42. The van der Waals surface area contributed by atoms with Crippen molar-refractivity contribution in [3.63, 3.8) is 0 Å². The van der Waals surface area contributed by atoms with Gasteiger partial charge in [0.2, 0.25) is 11.8 Å². The Kier molecular flexibility index (Phi) is 3.35. The van der Waals surface area contributed by atoms with Crippen molar-refractivity contribution in [3.05, 3.63) is 101 Å². The number of carbonyl (C=O) groups excluding carboxylic acids is 2. The predicted molar refractivity (Wildman–Crippen MR) is 115 cm³/mol. The fourth-order valence-electron chi connectivity index (χ4n) is 5.73. The number of nitrogens with zero attached hydrogens (tertiary/aromatic N) is 1. The van der Waals surface area contributed by atoms with Crippen LogP contribution in [0.4, 0.5) is 5.69 Å². The molecular formula is C25H18BrNO2. The Labute approximate surface area is 177 Å². The van der Waals surface area contributed by atoms with Gasteiger partial charge < -0.3 is 0 Å². The van der Waals surface area contributed by atoms with Crippen LogP contribution >= 0.6 is 15.9 Å². The van der Waals surface area contributed by atoms with Crippen molar-refractivity contribution in [2.45, 2.75) is 17.2 Å². The van der Waals surface area contributed by atoms with Gasteiger partial charge in [-0.25, -0.2) is 4.90 Å². The maximum absolute atomic E-state index is 13.8. The van der Waals surface area contributed by atoms with E-state index in [4.69, 9.17) is 0 Å². The minimum Gasteiger partial charge on any atom is -0.274 e. The lowest BCUT2D eigenvalue weighted by atomic mass is 9.55. The number of aryl methyl sites for hydroxylation is 1. The van der Waals surface area contributed by atoms with Crippen LogP contribution in [-0.4, -0.2) is 11.8 Å². The minimum atomic E-state index is -0.691. The molecule has 0 saturated carbocycles. The van der Waals surface area contributed by atoms with Crippen LogP contribution in [-0.2, 0) is 13.9 Å². The number of rotatable bonds is 1. The molecule has 2 unspecified atom stereocenters. The molecule has 2 atom stereocenters. The van der Waals surface area contributed by atoms with E-state index in [9.17, 15) is 9.59 Å². The number of halogens is 1. The summed E-state index contributed by atoms with van der Waals surface area (Å²) in [7, 11) is 0. The highest BCUT2D eigenvalue weighted by atomic mass is 79.9. The molecule has 1 fully saturated rings. The molecule has 3 nitrogen and oxygen atoms in total. The quantitative estimate of drug-likeness (QED) is 0.396. The largest absolute Gasteiger partial charge is 0.274 e. The van der Waals surface area contributed by atoms with Crippen molar-refractivity contribution < 1.29 is 9.59 Å². The van der Waals surface area contributed by atoms with Crippen LogP contribution in [0.2, 0.25) is 0 Å². The molecule has 0 spiro atoms. The first kappa shape index (κ1) is 17.2. The average Bonchev–Trinajstić information content (AvgIpc) is 3.01. The van der Waals surface area contributed by atoms with Gasteiger partial charge in [0, 0.05) is 5.92 Å². The van der Waals surface area contributed by atoms with Crippen LogP contribution in [0.25, 0.3) is 0 Å². The monoisotopic (exact) mass is 443 g/mol. The topological polar surface area (TPSA) is 37.4 Å². The minimum absolute atomic E-state index is 0.0906. The van der Waals surface area contributed by atoms with E-state index in [1.165, 1.54) is 4.90 Å². The highest BCUT2D eigenvalue weighted by Crippen LogP contribution is 2.66. The number of anilines is 1. The van der Waals surface area contributed by atoms with E-state index in [0.29, 0.717) is 5.69 Å². The van der Waals surface area contributed by atoms with Gasteiger partial charge in [0.25, 0.3) is 0 Å². The lowest BCUT2D eigenvalue weighted by Crippen LogP contribution is -2.50. The summed E-state index contributed by atoms with van der Waals surface area (Å²) >= 11 is 4.02.